The number of aromatic nitrogens is 3. The number of urea groups is 1. The number of hydrogen-bond donors (Lipinski definition) is 4. The van der Waals surface area contributed by atoms with Crippen LogP contribution in [0.5, 0.6) is 0 Å². The number of aliphatic carboxylic acids is 1. The number of nitrogens with zero attached hydrogens (tertiary/aromatic N) is 3. The fourth-order valence-electron chi connectivity index (χ4n) is 1.35. The summed E-state index contributed by atoms with van der Waals surface area (Å²) >= 11 is 0. The average Bonchev–Trinajstić information content (AvgIpc) is 2.83. The van der Waals surface area contributed by atoms with Gasteiger partial charge in [0.1, 0.15) is 6.33 Å². The van der Waals surface area contributed by atoms with E-state index in [4.69, 9.17) is 10.2 Å². The molecular weight excluding hydrogens is 254 g/mol. The van der Waals surface area contributed by atoms with E-state index >= 15 is 0 Å². The van der Waals surface area contributed by atoms with Gasteiger partial charge in [-0.25, -0.2) is 9.59 Å². The largest absolute Gasteiger partial charge is 0.479 e. The molecule has 0 aliphatic heterocycles. The Hall–Kier alpha value is -2.16. The first kappa shape index (κ1) is 14.9. The molecule has 0 fully saturated rings. The molecule has 1 atom stereocenters. The number of carbonyl (C=O) groups is 2. The number of amides is 2. The van der Waals surface area contributed by atoms with Gasteiger partial charge in [0.05, 0.1) is 6.54 Å². The number of carboxylic acids is 1. The minimum atomic E-state index is -1.47. The summed E-state index contributed by atoms with van der Waals surface area (Å²) in [4.78, 5) is 21.7. The van der Waals surface area contributed by atoms with E-state index in [1.807, 2.05) is 6.92 Å². The van der Waals surface area contributed by atoms with E-state index in [9.17, 15) is 9.59 Å². The summed E-state index contributed by atoms with van der Waals surface area (Å²) < 4.78 is 1.79. The van der Waals surface area contributed by atoms with Gasteiger partial charge in [0, 0.05) is 19.5 Å². The Labute approximate surface area is 109 Å². The van der Waals surface area contributed by atoms with Crippen molar-refractivity contribution in [3.63, 3.8) is 0 Å². The van der Waals surface area contributed by atoms with Gasteiger partial charge in [0.15, 0.2) is 11.9 Å². The first-order chi connectivity index (χ1) is 9.04. The number of aryl methyl sites for hydroxylation is 1. The molecule has 1 aromatic rings. The van der Waals surface area contributed by atoms with E-state index < -0.39 is 18.1 Å². The number of rotatable bonds is 7. The van der Waals surface area contributed by atoms with Gasteiger partial charge in [0.25, 0.3) is 0 Å². The third-order valence-electron chi connectivity index (χ3n) is 2.43. The smallest absolute Gasteiger partial charge is 0.332 e. The predicted molar refractivity (Wildman–Crippen MR) is 64.2 cm³/mol. The molecule has 2 amide bonds. The van der Waals surface area contributed by atoms with Crippen molar-refractivity contribution in [3.05, 3.63) is 12.2 Å². The minimum Gasteiger partial charge on any atom is -0.479 e. The molecule has 1 rings (SSSR count). The first-order valence-electron chi connectivity index (χ1n) is 5.83. The van der Waals surface area contributed by atoms with Crippen molar-refractivity contribution >= 4 is 12.0 Å². The van der Waals surface area contributed by atoms with Gasteiger partial charge in [-0.15, -0.1) is 10.2 Å². The van der Waals surface area contributed by atoms with Gasteiger partial charge in [-0.05, 0) is 6.92 Å². The van der Waals surface area contributed by atoms with Crippen molar-refractivity contribution in [1.29, 1.82) is 0 Å². The Morgan fingerprint density at radius 1 is 1.47 bits per heavy atom. The molecule has 0 aromatic carbocycles. The van der Waals surface area contributed by atoms with Gasteiger partial charge in [0.2, 0.25) is 0 Å². The van der Waals surface area contributed by atoms with Crippen LogP contribution in [0.4, 0.5) is 4.79 Å². The Morgan fingerprint density at radius 3 is 2.84 bits per heavy atom. The normalized spacial score (nSPS) is 11.9. The maximum atomic E-state index is 11.4. The van der Waals surface area contributed by atoms with Crippen molar-refractivity contribution in [1.82, 2.24) is 25.4 Å². The zero-order valence-corrected chi connectivity index (χ0v) is 10.5. The number of hydrogen-bond acceptors (Lipinski definition) is 5. The monoisotopic (exact) mass is 271 g/mol. The van der Waals surface area contributed by atoms with Crippen LogP contribution in [0.2, 0.25) is 0 Å². The zero-order valence-electron chi connectivity index (χ0n) is 10.5. The van der Waals surface area contributed by atoms with Crippen LogP contribution in [0, 0.1) is 0 Å². The maximum absolute atomic E-state index is 11.4. The lowest BCUT2D eigenvalue weighted by molar-refractivity contribution is -0.146. The van der Waals surface area contributed by atoms with Crippen molar-refractivity contribution in [3.8, 4) is 0 Å². The molecule has 9 nitrogen and oxygen atoms in total. The number of aliphatic hydroxyl groups excluding tert-OH is 1. The molecule has 0 radical (unpaired) electrons. The van der Waals surface area contributed by atoms with Gasteiger partial charge >= 0.3 is 12.0 Å². The van der Waals surface area contributed by atoms with Crippen LogP contribution in [0.3, 0.4) is 0 Å². The third kappa shape index (κ3) is 4.92. The average molecular weight is 271 g/mol. The van der Waals surface area contributed by atoms with E-state index in [0.29, 0.717) is 12.4 Å². The second kappa shape index (κ2) is 7.31. The molecule has 19 heavy (non-hydrogen) atoms. The predicted octanol–water partition coefficient (Wildman–Crippen LogP) is -1.07. The lowest BCUT2D eigenvalue weighted by Gasteiger charge is -2.09. The van der Waals surface area contributed by atoms with Crippen LogP contribution in [-0.2, 0) is 17.9 Å². The van der Waals surface area contributed by atoms with E-state index in [2.05, 4.69) is 20.8 Å². The fourth-order valence-corrected chi connectivity index (χ4v) is 1.35. The van der Waals surface area contributed by atoms with E-state index in [1.165, 1.54) is 0 Å². The van der Waals surface area contributed by atoms with E-state index in [0.717, 1.165) is 0 Å². The highest BCUT2D eigenvalue weighted by molar-refractivity contribution is 5.74. The third-order valence-corrected chi connectivity index (χ3v) is 2.43. The van der Waals surface area contributed by atoms with Crippen LogP contribution in [0.25, 0.3) is 0 Å². The summed E-state index contributed by atoms with van der Waals surface area (Å²) in [6.07, 6.45) is 0.0509. The molecule has 0 bridgehead atoms. The van der Waals surface area contributed by atoms with E-state index in [1.54, 1.807) is 10.9 Å². The molecule has 0 aliphatic rings. The molecular formula is C10H17N5O4. The highest BCUT2D eigenvalue weighted by Gasteiger charge is 2.12. The Bertz CT molecular complexity index is 433. The van der Waals surface area contributed by atoms with Gasteiger partial charge in [-0.3, -0.25) is 0 Å². The summed E-state index contributed by atoms with van der Waals surface area (Å²) in [5.41, 5.74) is 0. The van der Waals surface area contributed by atoms with Gasteiger partial charge < -0.3 is 25.4 Å². The standard InChI is InChI=1S/C10H17N5O4/c1-2-15-6-13-14-8(15)5-12-10(19)11-4-3-7(16)9(17)18/h6-7,16H,2-5H2,1H3,(H,17,18)(H2,11,12,19). The van der Waals surface area contributed by atoms with Crippen molar-refractivity contribution in [2.75, 3.05) is 6.54 Å². The number of nitrogens with one attached hydrogen (secondary N) is 2. The highest BCUT2D eigenvalue weighted by atomic mass is 16.4. The van der Waals surface area contributed by atoms with Crippen molar-refractivity contribution in [2.45, 2.75) is 32.5 Å². The molecule has 0 spiro atoms. The van der Waals surface area contributed by atoms with Crippen LogP contribution in [0.1, 0.15) is 19.2 Å². The van der Waals surface area contributed by atoms with Crippen LogP contribution < -0.4 is 10.6 Å². The quantitative estimate of drug-likeness (QED) is 0.500. The highest BCUT2D eigenvalue weighted by Crippen LogP contribution is 1.94. The second-order valence-corrected chi connectivity index (χ2v) is 3.79. The minimum absolute atomic E-state index is 0.0477. The first-order valence-corrected chi connectivity index (χ1v) is 5.83. The molecule has 0 aliphatic carbocycles. The SMILES string of the molecule is CCn1cnnc1CNC(=O)NCCC(O)C(=O)O. The number of aliphatic hydroxyl groups is 1. The summed E-state index contributed by atoms with van der Waals surface area (Å²) in [7, 11) is 0. The summed E-state index contributed by atoms with van der Waals surface area (Å²) in [5.74, 6) is -0.679. The molecule has 106 valence electrons. The molecule has 1 heterocycles. The van der Waals surface area contributed by atoms with Crippen LogP contribution in [-0.4, -0.2) is 49.6 Å². The molecule has 1 unspecified atom stereocenters. The summed E-state index contributed by atoms with van der Waals surface area (Å²) in [6, 6.07) is -0.455. The second-order valence-electron chi connectivity index (χ2n) is 3.79. The van der Waals surface area contributed by atoms with Crippen molar-refractivity contribution in [2.24, 2.45) is 0 Å². The van der Waals surface area contributed by atoms with Crippen LogP contribution >= 0.6 is 0 Å². The molecule has 0 saturated carbocycles. The number of carboxylic acid groups (broad SMARTS) is 1. The molecule has 0 saturated heterocycles. The number of carbonyl (C=O) groups excluding carboxylic acids is 1. The lowest BCUT2D eigenvalue weighted by atomic mass is 10.2. The molecule has 9 heteroatoms. The summed E-state index contributed by atoms with van der Waals surface area (Å²) in [5, 5.41) is 30.0. The Kier molecular flexibility index (Phi) is 5.73. The Morgan fingerprint density at radius 2 is 2.21 bits per heavy atom. The molecule has 4 N–H and O–H groups in total. The van der Waals surface area contributed by atoms with Crippen molar-refractivity contribution < 1.29 is 19.8 Å². The van der Waals surface area contributed by atoms with Crippen LogP contribution in [0.15, 0.2) is 6.33 Å². The lowest BCUT2D eigenvalue weighted by Crippen LogP contribution is -2.37. The van der Waals surface area contributed by atoms with Gasteiger partial charge in [-0.2, -0.15) is 0 Å². The molecule has 1 aromatic heterocycles. The fraction of sp³-hybridized carbons (Fsp3) is 0.600. The van der Waals surface area contributed by atoms with Gasteiger partial charge in [-0.1, -0.05) is 0 Å². The summed E-state index contributed by atoms with van der Waals surface area (Å²) in [6.45, 7) is 2.93. The zero-order chi connectivity index (χ0) is 14.3. The van der Waals surface area contributed by atoms with E-state index in [-0.39, 0.29) is 19.5 Å². The maximum Gasteiger partial charge on any atom is 0.332 e. The topological polar surface area (TPSA) is 129 Å². The Balaban J connectivity index is 2.23.